The van der Waals surface area contributed by atoms with Crippen molar-refractivity contribution >= 4 is 11.0 Å². The van der Waals surface area contributed by atoms with Crippen molar-refractivity contribution in [3.63, 3.8) is 0 Å². The summed E-state index contributed by atoms with van der Waals surface area (Å²) in [5.41, 5.74) is 12.0. The first kappa shape index (κ1) is 33.9. The average Bonchev–Trinajstić information content (AvgIpc) is 2.70. The van der Waals surface area contributed by atoms with Crippen LogP contribution in [0.25, 0.3) is 5.73 Å². The topological polar surface area (TPSA) is 23.8 Å². The van der Waals surface area contributed by atoms with Gasteiger partial charge in [-0.15, -0.1) is 13.0 Å². The van der Waals surface area contributed by atoms with Gasteiger partial charge in [0, 0.05) is 0 Å². The summed E-state index contributed by atoms with van der Waals surface area (Å²) in [7, 11) is 0. The van der Waals surface area contributed by atoms with Crippen LogP contribution in [0.3, 0.4) is 0 Å². The zero-order valence-electron chi connectivity index (χ0n) is 17.9. The van der Waals surface area contributed by atoms with Crippen molar-refractivity contribution in [1.82, 2.24) is 0 Å². The third kappa shape index (κ3) is 14.4. The molecule has 2 rings (SSSR count). The molecule has 0 aromatic carbocycles. The molecule has 152 valence electrons. The van der Waals surface area contributed by atoms with Gasteiger partial charge in [0.2, 0.25) is 0 Å². The summed E-state index contributed by atoms with van der Waals surface area (Å²) in [6.45, 7) is 8.67. The maximum absolute atomic E-state index is 7.80. The van der Waals surface area contributed by atoms with Gasteiger partial charge in [-0.2, -0.15) is 11.1 Å². The molecule has 0 spiro atoms. The Labute approximate surface area is 186 Å². The maximum Gasteiger partial charge on any atom is 4.00 e. The van der Waals surface area contributed by atoms with Crippen LogP contribution in [0.5, 0.6) is 0 Å². The molecule has 1 nitrogen and oxygen atoms in total. The van der Waals surface area contributed by atoms with Crippen molar-refractivity contribution < 1.29 is 21.7 Å². The Bertz CT molecular complexity index is 364. The van der Waals surface area contributed by atoms with E-state index in [9.17, 15) is 0 Å². The predicted molar refractivity (Wildman–Crippen MR) is 123 cm³/mol. The van der Waals surface area contributed by atoms with Crippen molar-refractivity contribution in [2.75, 3.05) is 0 Å². The second-order valence-corrected chi connectivity index (χ2v) is 7.26. The van der Waals surface area contributed by atoms with E-state index in [4.69, 9.17) is 5.73 Å². The summed E-state index contributed by atoms with van der Waals surface area (Å²) in [5.74, 6) is 0.560. The first-order valence-electron chi connectivity index (χ1n) is 9.51. The molecule has 1 saturated carbocycles. The van der Waals surface area contributed by atoms with Crippen LogP contribution in [0.2, 0.25) is 0 Å². The first-order chi connectivity index (χ1) is 10.5. The van der Waals surface area contributed by atoms with Crippen molar-refractivity contribution in [3.05, 3.63) is 43.4 Å². The van der Waals surface area contributed by atoms with Gasteiger partial charge in [0.15, 0.2) is 0 Å². The van der Waals surface area contributed by atoms with Crippen LogP contribution in [-0.4, -0.2) is 17.0 Å². The third-order valence-corrected chi connectivity index (χ3v) is 5.34. The number of nitrogens with one attached hydrogen (secondary N) is 1. The molecule has 2 aliphatic carbocycles. The van der Waals surface area contributed by atoms with Crippen LogP contribution in [0.1, 0.15) is 98.3 Å². The standard InChI is InChI=1S/C12H24N.C9H13.2CH3.H4Si.Ti/c13-12-10-8-6-4-2-1-3-5-7-9-11-12;1-6-5-7(2)9(4)8(6)3;;;;/h12-13H,1-11H2;6H,1-4H3;2*1H3;1H4;/q4*-1;;+4. The van der Waals surface area contributed by atoms with Gasteiger partial charge in [-0.05, 0) is 11.0 Å². The fourth-order valence-corrected chi connectivity index (χ4v) is 3.33. The summed E-state index contributed by atoms with van der Waals surface area (Å²) in [5, 5.41) is 0. The van der Waals surface area contributed by atoms with Crippen molar-refractivity contribution in [3.8, 4) is 0 Å². The molecule has 0 saturated heterocycles. The zero-order valence-corrected chi connectivity index (χ0v) is 19.5. The van der Waals surface area contributed by atoms with Crippen molar-refractivity contribution in [1.29, 1.82) is 0 Å². The second kappa shape index (κ2) is 20.1. The SMILES string of the molecule is CC1=[C-]C(C)C(C)=C1C.[CH3-].[CH3-].[NH-]C1CCCCCCCCCCC1.[SiH4].[Ti+4]. The fourth-order valence-electron chi connectivity index (χ4n) is 3.33. The molecule has 3 heteroatoms. The quantitative estimate of drug-likeness (QED) is 0.305. The zero-order chi connectivity index (χ0) is 16.4. The van der Waals surface area contributed by atoms with Crippen LogP contribution < -0.4 is 0 Å². The van der Waals surface area contributed by atoms with E-state index >= 15 is 0 Å². The maximum atomic E-state index is 7.80. The number of hydrogen-bond donors (Lipinski definition) is 0. The molecule has 0 aliphatic heterocycles. The van der Waals surface area contributed by atoms with Gasteiger partial charge in [-0.3, -0.25) is 6.08 Å². The normalized spacial score (nSPS) is 21.7. The van der Waals surface area contributed by atoms with E-state index in [1.165, 1.54) is 74.5 Å². The summed E-state index contributed by atoms with van der Waals surface area (Å²) in [6, 6.07) is 0.249. The van der Waals surface area contributed by atoms with Crippen LogP contribution in [0.4, 0.5) is 0 Å². The molecule has 1 N–H and O–H groups in total. The molecule has 26 heavy (non-hydrogen) atoms. The molecule has 2 aliphatic rings. The Hall–Kier alpha value is 0.371. The van der Waals surface area contributed by atoms with E-state index in [-0.39, 0.29) is 53.6 Å². The second-order valence-electron chi connectivity index (χ2n) is 7.26. The molecule has 1 fully saturated rings. The van der Waals surface area contributed by atoms with Gasteiger partial charge < -0.3 is 20.6 Å². The van der Waals surface area contributed by atoms with Crippen LogP contribution in [0, 0.1) is 26.8 Å². The molecule has 0 aromatic heterocycles. The largest absolute Gasteiger partial charge is 4.00 e. The first-order valence-corrected chi connectivity index (χ1v) is 9.51. The van der Waals surface area contributed by atoms with E-state index in [2.05, 4.69) is 33.8 Å². The van der Waals surface area contributed by atoms with Gasteiger partial charge >= 0.3 is 21.7 Å². The van der Waals surface area contributed by atoms with Gasteiger partial charge in [0.25, 0.3) is 0 Å². The van der Waals surface area contributed by atoms with E-state index in [0.29, 0.717) is 5.92 Å². The molecule has 1 atom stereocenters. The molecule has 0 heterocycles. The van der Waals surface area contributed by atoms with Crippen LogP contribution >= 0.6 is 0 Å². The molecular formula is C23H47NSiTi. The van der Waals surface area contributed by atoms with Crippen LogP contribution in [-0.2, 0) is 21.7 Å². The van der Waals surface area contributed by atoms with Crippen molar-refractivity contribution in [2.24, 2.45) is 5.92 Å². The number of hydrogen-bond acceptors (Lipinski definition) is 0. The summed E-state index contributed by atoms with van der Waals surface area (Å²) in [4.78, 5) is 0. The Morgan fingerprint density at radius 1 is 0.769 bits per heavy atom. The Morgan fingerprint density at radius 2 is 1.12 bits per heavy atom. The summed E-state index contributed by atoms with van der Waals surface area (Å²) in [6.07, 6.45) is 18.1. The molecule has 0 amide bonds. The van der Waals surface area contributed by atoms with Crippen molar-refractivity contribution in [2.45, 2.75) is 104 Å². The molecule has 0 bridgehead atoms. The minimum Gasteiger partial charge on any atom is -0.675 e. The van der Waals surface area contributed by atoms with E-state index in [1.54, 1.807) is 0 Å². The Kier molecular flexibility index (Phi) is 26.2. The monoisotopic (exact) mass is 413 g/mol. The number of allylic oxidation sites excluding steroid dienone is 4. The minimum absolute atomic E-state index is 0. The Balaban J connectivity index is -0.000000168. The average molecular weight is 414 g/mol. The minimum atomic E-state index is 0. The summed E-state index contributed by atoms with van der Waals surface area (Å²) >= 11 is 0. The molecular weight excluding hydrogens is 366 g/mol. The van der Waals surface area contributed by atoms with E-state index in [0.717, 1.165) is 12.8 Å². The van der Waals surface area contributed by atoms with Gasteiger partial charge in [-0.25, -0.2) is 5.57 Å². The third-order valence-electron chi connectivity index (χ3n) is 5.34. The van der Waals surface area contributed by atoms with E-state index in [1.807, 2.05) is 0 Å². The predicted octanol–water partition coefficient (Wildman–Crippen LogP) is 6.88. The Morgan fingerprint density at radius 3 is 1.35 bits per heavy atom. The van der Waals surface area contributed by atoms with E-state index < -0.39 is 0 Å². The fraction of sp³-hybridized carbons (Fsp3) is 0.739. The van der Waals surface area contributed by atoms with Crippen LogP contribution in [0.15, 0.2) is 16.7 Å². The molecule has 0 radical (unpaired) electrons. The smallest absolute Gasteiger partial charge is 0.675 e. The van der Waals surface area contributed by atoms with Gasteiger partial charge in [0.05, 0.1) is 0 Å². The van der Waals surface area contributed by atoms with Gasteiger partial charge in [0.1, 0.15) is 0 Å². The molecule has 1 unspecified atom stereocenters. The molecule has 0 aromatic rings. The number of rotatable bonds is 0. The summed E-state index contributed by atoms with van der Waals surface area (Å²) < 4.78 is 0. The van der Waals surface area contributed by atoms with Gasteiger partial charge in [-0.1, -0.05) is 97.3 Å².